The Bertz CT molecular complexity index is 230. The largest absolute Gasteiger partial charge is 0.383 e. The maximum absolute atomic E-state index is 12.1. The molecule has 1 rings (SSSR count). The van der Waals surface area contributed by atoms with Gasteiger partial charge in [-0.1, -0.05) is 6.92 Å². The number of rotatable bonds is 7. The summed E-state index contributed by atoms with van der Waals surface area (Å²) in [5.41, 5.74) is 5.51. The first-order valence-electron chi connectivity index (χ1n) is 6.33. The van der Waals surface area contributed by atoms with E-state index in [1.807, 2.05) is 6.92 Å². The first-order chi connectivity index (χ1) is 8.22. The molecule has 3 unspecified atom stereocenters. The van der Waals surface area contributed by atoms with Crippen molar-refractivity contribution in [2.24, 2.45) is 11.7 Å². The van der Waals surface area contributed by atoms with Gasteiger partial charge in [-0.3, -0.25) is 4.79 Å². The van der Waals surface area contributed by atoms with Crippen LogP contribution in [0.4, 0.5) is 0 Å². The number of amides is 1. The van der Waals surface area contributed by atoms with Crippen LogP contribution < -0.4 is 11.1 Å². The number of hydrogen-bond donors (Lipinski definition) is 2. The molecule has 0 aromatic heterocycles. The Labute approximate surface area is 103 Å². The fourth-order valence-electron chi connectivity index (χ4n) is 2.26. The molecule has 17 heavy (non-hydrogen) atoms. The number of carbonyl (C=O) groups excluding carboxylic acids is 1. The third-order valence-corrected chi connectivity index (χ3v) is 3.18. The lowest BCUT2D eigenvalue weighted by Gasteiger charge is -2.21. The van der Waals surface area contributed by atoms with E-state index in [0.717, 1.165) is 19.3 Å². The molecule has 0 aromatic carbocycles. The Morgan fingerprint density at radius 2 is 2.41 bits per heavy atom. The summed E-state index contributed by atoms with van der Waals surface area (Å²) in [4.78, 5) is 12.1. The Kier molecular flexibility index (Phi) is 6.47. The van der Waals surface area contributed by atoms with Crippen LogP contribution in [-0.2, 0) is 14.3 Å². The van der Waals surface area contributed by atoms with Crippen LogP contribution in [0.2, 0.25) is 0 Å². The highest BCUT2D eigenvalue weighted by molar-refractivity contribution is 5.79. The highest BCUT2D eigenvalue weighted by Crippen LogP contribution is 2.23. The van der Waals surface area contributed by atoms with Gasteiger partial charge in [0.2, 0.25) is 5.91 Å². The van der Waals surface area contributed by atoms with Crippen LogP contribution in [-0.4, -0.2) is 44.9 Å². The van der Waals surface area contributed by atoms with Crippen LogP contribution >= 0.6 is 0 Å². The summed E-state index contributed by atoms with van der Waals surface area (Å²) >= 11 is 0. The number of hydrogen-bond acceptors (Lipinski definition) is 4. The van der Waals surface area contributed by atoms with E-state index >= 15 is 0 Å². The van der Waals surface area contributed by atoms with Gasteiger partial charge in [0.05, 0.1) is 24.7 Å². The predicted octanol–water partition coefficient (Wildman–Crippen LogP) is 0.282. The summed E-state index contributed by atoms with van der Waals surface area (Å²) in [5, 5.41) is 3.00. The normalized spacial score (nSPS) is 25.8. The Morgan fingerprint density at radius 1 is 1.65 bits per heavy atom. The van der Waals surface area contributed by atoms with Gasteiger partial charge in [-0.05, 0) is 25.8 Å². The smallest absolute Gasteiger partial charge is 0.226 e. The zero-order chi connectivity index (χ0) is 12.7. The van der Waals surface area contributed by atoms with Gasteiger partial charge in [0.25, 0.3) is 0 Å². The standard InChI is InChI=1S/C12H24N2O3/c1-3-11-10(5-7-17-11)12(15)14-9(4-6-13)8-16-2/h9-11H,3-8,13H2,1-2H3,(H,14,15). The summed E-state index contributed by atoms with van der Waals surface area (Å²) in [5.74, 6) is 0.0574. The molecule has 0 saturated carbocycles. The molecule has 100 valence electrons. The third kappa shape index (κ3) is 4.26. The first kappa shape index (κ1) is 14.4. The Morgan fingerprint density at radius 3 is 3.00 bits per heavy atom. The lowest BCUT2D eigenvalue weighted by Crippen LogP contribution is -2.44. The van der Waals surface area contributed by atoms with Gasteiger partial charge in [0, 0.05) is 13.7 Å². The molecule has 1 amide bonds. The Hall–Kier alpha value is -0.650. The lowest BCUT2D eigenvalue weighted by molar-refractivity contribution is -0.127. The summed E-state index contributed by atoms with van der Waals surface area (Å²) < 4.78 is 10.6. The van der Waals surface area contributed by atoms with E-state index in [4.69, 9.17) is 15.2 Å². The molecule has 1 heterocycles. The molecule has 5 heteroatoms. The van der Waals surface area contributed by atoms with Gasteiger partial charge in [-0.25, -0.2) is 0 Å². The van der Waals surface area contributed by atoms with E-state index in [2.05, 4.69) is 5.32 Å². The van der Waals surface area contributed by atoms with Crippen molar-refractivity contribution in [3.63, 3.8) is 0 Å². The number of ether oxygens (including phenoxy) is 2. The molecule has 5 nitrogen and oxygen atoms in total. The predicted molar refractivity (Wildman–Crippen MR) is 65.6 cm³/mol. The van der Waals surface area contributed by atoms with Crippen LogP contribution in [0.15, 0.2) is 0 Å². The van der Waals surface area contributed by atoms with Gasteiger partial charge in [-0.15, -0.1) is 0 Å². The number of nitrogens with one attached hydrogen (secondary N) is 1. The molecule has 1 aliphatic rings. The van der Waals surface area contributed by atoms with Crippen molar-refractivity contribution in [2.45, 2.75) is 38.3 Å². The summed E-state index contributed by atoms with van der Waals surface area (Å²) in [6, 6.07) is 0.00982. The topological polar surface area (TPSA) is 73.6 Å². The van der Waals surface area contributed by atoms with E-state index < -0.39 is 0 Å². The van der Waals surface area contributed by atoms with Gasteiger partial charge in [0.1, 0.15) is 0 Å². The van der Waals surface area contributed by atoms with Gasteiger partial charge in [0.15, 0.2) is 0 Å². The van der Waals surface area contributed by atoms with Crippen LogP contribution in [0.25, 0.3) is 0 Å². The van der Waals surface area contributed by atoms with Crippen molar-refractivity contribution in [1.29, 1.82) is 0 Å². The van der Waals surface area contributed by atoms with E-state index in [0.29, 0.717) is 19.8 Å². The van der Waals surface area contributed by atoms with Gasteiger partial charge >= 0.3 is 0 Å². The molecule has 1 fully saturated rings. The maximum Gasteiger partial charge on any atom is 0.226 e. The van der Waals surface area contributed by atoms with Gasteiger partial charge in [-0.2, -0.15) is 0 Å². The average Bonchev–Trinajstić information content (AvgIpc) is 2.77. The Balaban J connectivity index is 2.45. The molecule has 0 aliphatic carbocycles. The third-order valence-electron chi connectivity index (χ3n) is 3.18. The van der Waals surface area contributed by atoms with Gasteiger partial charge < -0.3 is 20.5 Å². The molecule has 0 radical (unpaired) electrons. The summed E-state index contributed by atoms with van der Waals surface area (Å²) in [7, 11) is 1.63. The van der Waals surface area contributed by atoms with Crippen molar-refractivity contribution in [3.8, 4) is 0 Å². The number of methoxy groups -OCH3 is 1. The summed E-state index contributed by atoms with van der Waals surface area (Å²) in [6.45, 7) is 3.78. The van der Waals surface area contributed by atoms with Crippen LogP contribution in [0.3, 0.4) is 0 Å². The maximum atomic E-state index is 12.1. The van der Waals surface area contributed by atoms with Crippen LogP contribution in [0.5, 0.6) is 0 Å². The molecular weight excluding hydrogens is 220 g/mol. The minimum Gasteiger partial charge on any atom is -0.383 e. The highest BCUT2D eigenvalue weighted by atomic mass is 16.5. The van der Waals surface area contributed by atoms with E-state index in [1.165, 1.54) is 0 Å². The summed E-state index contributed by atoms with van der Waals surface area (Å²) in [6.07, 6.45) is 2.50. The minimum absolute atomic E-state index is 0.00982. The molecule has 3 N–H and O–H groups in total. The molecule has 0 bridgehead atoms. The minimum atomic E-state index is -0.0165. The molecule has 3 atom stereocenters. The zero-order valence-corrected chi connectivity index (χ0v) is 10.8. The second kappa shape index (κ2) is 7.63. The number of carbonyl (C=O) groups is 1. The van der Waals surface area contributed by atoms with E-state index in [9.17, 15) is 4.79 Å². The second-order valence-corrected chi connectivity index (χ2v) is 4.45. The highest BCUT2D eigenvalue weighted by Gasteiger charge is 2.33. The SMILES string of the molecule is CCC1OCCC1C(=O)NC(CCN)COC. The molecular formula is C12H24N2O3. The molecule has 1 saturated heterocycles. The van der Waals surface area contributed by atoms with Crippen molar-refractivity contribution in [2.75, 3.05) is 26.9 Å². The van der Waals surface area contributed by atoms with Crippen molar-refractivity contribution in [1.82, 2.24) is 5.32 Å². The molecule has 0 spiro atoms. The second-order valence-electron chi connectivity index (χ2n) is 4.45. The quantitative estimate of drug-likeness (QED) is 0.674. The van der Waals surface area contributed by atoms with E-state index in [1.54, 1.807) is 7.11 Å². The van der Waals surface area contributed by atoms with Crippen molar-refractivity contribution < 1.29 is 14.3 Å². The average molecular weight is 244 g/mol. The van der Waals surface area contributed by atoms with Crippen molar-refractivity contribution in [3.05, 3.63) is 0 Å². The van der Waals surface area contributed by atoms with Crippen LogP contribution in [0.1, 0.15) is 26.2 Å². The lowest BCUT2D eigenvalue weighted by atomic mass is 9.98. The number of nitrogens with two attached hydrogens (primary N) is 1. The van der Waals surface area contributed by atoms with Crippen molar-refractivity contribution >= 4 is 5.91 Å². The fraction of sp³-hybridized carbons (Fsp3) is 0.917. The first-order valence-corrected chi connectivity index (χ1v) is 6.33. The zero-order valence-electron chi connectivity index (χ0n) is 10.8. The fourth-order valence-corrected chi connectivity index (χ4v) is 2.26. The van der Waals surface area contributed by atoms with E-state index in [-0.39, 0.29) is 24.0 Å². The van der Waals surface area contributed by atoms with Crippen LogP contribution in [0, 0.1) is 5.92 Å². The monoisotopic (exact) mass is 244 g/mol. The molecule has 0 aromatic rings. The molecule has 1 aliphatic heterocycles.